The van der Waals surface area contributed by atoms with Crippen molar-refractivity contribution in [3.05, 3.63) is 17.5 Å². The van der Waals surface area contributed by atoms with Crippen LogP contribution in [0.5, 0.6) is 0 Å². The molecule has 14 heavy (non-hydrogen) atoms. The van der Waals surface area contributed by atoms with Crippen molar-refractivity contribution in [1.82, 2.24) is 0 Å². The summed E-state index contributed by atoms with van der Waals surface area (Å²) in [5.41, 5.74) is 0. The summed E-state index contributed by atoms with van der Waals surface area (Å²) in [6, 6.07) is 3.20. The molecule has 0 aliphatic carbocycles. The van der Waals surface area contributed by atoms with Crippen molar-refractivity contribution in [2.24, 2.45) is 0 Å². The average molecular weight is 232 g/mol. The Bertz CT molecular complexity index is 390. The van der Waals surface area contributed by atoms with Crippen LogP contribution >= 0.6 is 11.3 Å². The molecular weight excluding hydrogens is 220 g/mol. The predicted molar refractivity (Wildman–Crippen MR) is 56.3 cm³/mol. The molecule has 1 rings (SSSR count). The summed E-state index contributed by atoms with van der Waals surface area (Å²) < 4.78 is 23.4. The Labute approximate surface area is 87.7 Å². The minimum absolute atomic E-state index is 0.207. The first-order valence-corrected chi connectivity index (χ1v) is 6.87. The highest BCUT2D eigenvalue weighted by Crippen LogP contribution is 2.17. The largest absolute Gasteiger partial charge is 0.299 e. The van der Waals surface area contributed by atoms with Crippen LogP contribution in [-0.4, -0.2) is 20.0 Å². The van der Waals surface area contributed by atoms with Crippen LogP contribution in [0, 0.1) is 0 Å². The molecule has 0 saturated carbocycles. The number of carbonyl (C=O) groups is 1. The summed E-state index contributed by atoms with van der Waals surface area (Å²) in [6.45, 7) is 1.86. The maximum Gasteiger partial charge on any atom is 0.194 e. The highest BCUT2D eigenvalue weighted by Gasteiger charge is 2.19. The molecule has 1 aromatic heterocycles. The number of Topliss-reactive ketones (excluding diaryl/α,β-unsaturated/α-hetero) is 1. The number of thiophene rings is 1. The van der Waals surface area contributed by atoms with E-state index in [1.165, 1.54) is 6.07 Å². The molecular formula is C9H12O3S2. The van der Waals surface area contributed by atoms with Gasteiger partial charge in [-0.3, -0.25) is 4.79 Å². The van der Waals surface area contributed by atoms with E-state index in [9.17, 15) is 13.2 Å². The molecule has 0 aliphatic rings. The lowest BCUT2D eigenvalue weighted by atomic mass is 10.3. The molecule has 0 radical (unpaired) electrons. The maximum atomic E-state index is 11.6. The molecule has 5 heteroatoms. The number of ketones is 1. The molecule has 1 heterocycles. The van der Waals surface area contributed by atoms with Gasteiger partial charge in [-0.1, -0.05) is 13.0 Å². The lowest BCUT2D eigenvalue weighted by molar-refractivity contribution is -0.116. The van der Waals surface area contributed by atoms with Gasteiger partial charge in [-0.05, 0) is 17.9 Å². The Balaban J connectivity index is 2.74. The maximum absolute atomic E-state index is 11.6. The molecule has 0 unspecified atom stereocenters. The van der Waals surface area contributed by atoms with Gasteiger partial charge in [0.2, 0.25) is 0 Å². The molecule has 78 valence electrons. The van der Waals surface area contributed by atoms with E-state index in [4.69, 9.17) is 0 Å². The van der Waals surface area contributed by atoms with Crippen LogP contribution in [0.15, 0.2) is 21.7 Å². The van der Waals surface area contributed by atoms with Gasteiger partial charge in [0.1, 0.15) is 15.7 Å². The van der Waals surface area contributed by atoms with Crippen LogP contribution in [0.25, 0.3) is 0 Å². The van der Waals surface area contributed by atoms with Crippen LogP contribution in [0.4, 0.5) is 0 Å². The van der Waals surface area contributed by atoms with Crippen LogP contribution in [0.1, 0.15) is 19.8 Å². The van der Waals surface area contributed by atoms with E-state index in [1.54, 1.807) is 11.4 Å². The first kappa shape index (κ1) is 11.4. The van der Waals surface area contributed by atoms with Gasteiger partial charge in [0, 0.05) is 6.42 Å². The Morgan fingerprint density at radius 2 is 2.21 bits per heavy atom. The number of rotatable bonds is 5. The van der Waals surface area contributed by atoms with Crippen LogP contribution in [0.2, 0.25) is 0 Å². The zero-order chi connectivity index (χ0) is 10.6. The highest BCUT2D eigenvalue weighted by molar-refractivity contribution is 7.94. The number of hydrogen-bond acceptors (Lipinski definition) is 4. The van der Waals surface area contributed by atoms with Crippen molar-refractivity contribution in [3.8, 4) is 0 Å². The molecule has 1 aromatic rings. The van der Waals surface area contributed by atoms with Crippen molar-refractivity contribution in [1.29, 1.82) is 0 Å². The molecule has 0 bridgehead atoms. The third-order valence-corrected chi connectivity index (χ3v) is 4.84. The van der Waals surface area contributed by atoms with Gasteiger partial charge in [-0.15, -0.1) is 11.3 Å². The third-order valence-electron chi connectivity index (χ3n) is 1.68. The predicted octanol–water partition coefficient (Wildman–Crippen LogP) is 1.89. The molecule has 0 fully saturated rings. The summed E-state index contributed by atoms with van der Waals surface area (Å²) in [6.07, 6.45) is 1.03. The minimum atomic E-state index is -3.37. The normalized spacial score (nSPS) is 11.5. The SMILES string of the molecule is CCCC(=O)CS(=O)(=O)c1cccs1. The van der Waals surface area contributed by atoms with Crippen molar-refractivity contribution in [3.63, 3.8) is 0 Å². The van der Waals surface area contributed by atoms with Crippen molar-refractivity contribution < 1.29 is 13.2 Å². The zero-order valence-electron chi connectivity index (χ0n) is 7.89. The Morgan fingerprint density at radius 1 is 1.50 bits per heavy atom. The quantitative estimate of drug-likeness (QED) is 0.779. The van der Waals surface area contributed by atoms with E-state index in [2.05, 4.69) is 0 Å². The molecule has 0 N–H and O–H groups in total. The van der Waals surface area contributed by atoms with E-state index >= 15 is 0 Å². The monoisotopic (exact) mass is 232 g/mol. The smallest absolute Gasteiger partial charge is 0.194 e. The van der Waals surface area contributed by atoms with Gasteiger partial charge in [0.25, 0.3) is 0 Å². The molecule has 0 spiro atoms. The summed E-state index contributed by atoms with van der Waals surface area (Å²) >= 11 is 1.15. The van der Waals surface area contributed by atoms with E-state index in [-0.39, 0.29) is 15.7 Å². The number of hydrogen-bond donors (Lipinski definition) is 0. The first-order chi connectivity index (χ1) is 6.56. The van der Waals surface area contributed by atoms with Crippen LogP contribution in [-0.2, 0) is 14.6 Å². The third kappa shape index (κ3) is 2.92. The van der Waals surface area contributed by atoms with Crippen molar-refractivity contribution in [2.45, 2.75) is 24.0 Å². The van der Waals surface area contributed by atoms with Crippen molar-refractivity contribution in [2.75, 3.05) is 5.75 Å². The fourth-order valence-corrected chi connectivity index (χ4v) is 3.45. The first-order valence-electron chi connectivity index (χ1n) is 4.34. The fraction of sp³-hybridized carbons (Fsp3) is 0.444. The molecule has 0 atom stereocenters. The van der Waals surface area contributed by atoms with Crippen molar-refractivity contribution >= 4 is 27.0 Å². The minimum Gasteiger partial charge on any atom is -0.299 e. The summed E-state index contributed by atoms with van der Waals surface area (Å²) in [4.78, 5) is 11.2. The molecule has 0 aliphatic heterocycles. The zero-order valence-corrected chi connectivity index (χ0v) is 9.53. The van der Waals surface area contributed by atoms with Gasteiger partial charge in [0.05, 0.1) is 0 Å². The van der Waals surface area contributed by atoms with Crippen LogP contribution < -0.4 is 0 Å². The molecule has 0 amide bonds. The lowest BCUT2D eigenvalue weighted by Gasteiger charge is -1.99. The average Bonchev–Trinajstić information content (AvgIpc) is 2.54. The Hall–Kier alpha value is -0.680. The lowest BCUT2D eigenvalue weighted by Crippen LogP contribution is -2.14. The molecule has 3 nitrogen and oxygen atoms in total. The topological polar surface area (TPSA) is 51.2 Å². The summed E-state index contributed by atoms with van der Waals surface area (Å²) in [5.74, 6) is -0.567. The second-order valence-electron chi connectivity index (χ2n) is 2.98. The van der Waals surface area contributed by atoms with Gasteiger partial charge in [0.15, 0.2) is 9.84 Å². The van der Waals surface area contributed by atoms with E-state index in [0.717, 1.165) is 11.3 Å². The second-order valence-corrected chi connectivity index (χ2v) is 6.14. The summed E-state index contributed by atoms with van der Waals surface area (Å²) in [5, 5.41) is 1.69. The number of carbonyl (C=O) groups excluding carboxylic acids is 1. The van der Waals surface area contributed by atoms with Gasteiger partial charge in [-0.2, -0.15) is 0 Å². The standard InChI is InChI=1S/C9H12O3S2/c1-2-4-8(10)7-14(11,12)9-5-3-6-13-9/h3,5-6H,2,4,7H2,1H3. The van der Waals surface area contributed by atoms with E-state index in [0.29, 0.717) is 12.8 Å². The van der Waals surface area contributed by atoms with E-state index < -0.39 is 9.84 Å². The second kappa shape index (κ2) is 4.70. The Morgan fingerprint density at radius 3 is 2.71 bits per heavy atom. The van der Waals surface area contributed by atoms with Gasteiger partial charge in [-0.25, -0.2) is 8.42 Å². The summed E-state index contributed by atoms with van der Waals surface area (Å²) in [7, 11) is -3.37. The molecule has 0 aromatic carbocycles. The number of sulfone groups is 1. The molecule has 0 saturated heterocycles. The van der Waals surface area contributed by atoms with Crippen LogP contribution in [0.3, 0.4) is 0 Å². The van der Waals surface area contributed by atoms with Gasteiger partial charge < -0.3 is 0 Å². The Kier molecular flexibility index (Phi) is 3.83. The highest BCUT2D eigenvalue weighted by atomic mass is 32.2. The fourth-order valence-electron chi connectivity index (χ4n) is 1.07. The van der Waals surface area contributed by atoms with Gasteiger partial charge >= 0.3 is 0 Å². The van der Waals surface area contributed by atoms with E-state index in [1.807, 2.05) is 6.92 Å².